The number of carboxylic acids is 1. The number of carboxylic acid groups (broad SMARTS) is 1. The van der Waals surface area contributed by atoms with Crippen LogP contribution in [-0.2, 0) is 0 Å². The number of halogens is 1. The third-order valence-electron chi connectivity index (χ3n) is 2.26. The Kier molecular flexibility index (Phi) is 3.97. The molecule has 0 aliphatic carbocycles. The average Bonchev–Trinajstić information content (AvgIpc) is 2.41. The lowest BCUT2D eigenvalue weighted by Gasteiger charge is -2.07. The molecule has 5 nitrogen and oxygen atoms in total. The number of nitriles is 1. The molecule has 94 valence electrons. The molecule has 0 amide bonds. The normalized spacial score (nSPS) is 9.68. The predicted molar refractivity (Wildman–Crippen MR) is 75.1 cm³/mol. The largest absolute Gasteiger partial charge is 0.478 e. The van der Waals surface area contributed by atoms with Gasteiger partial charge in [0.25, 0.3) is 0 Å². The summed E-state index contributed by atoms with van der Waals surface area (Å²) >= 11 is 2.03. The Labute approximate surface area is 122 Å². The van der Waals surface area contributed by atoms with E-state index in [2.05, 4.69) is 4.98 Å². The number of hydrogen-bond donors (Lipinski definition) is 1. The van der Waals surface area contributed by atoms with Gasteiger partial charge in [-0.2, -0.15) is 5.26 Å². The van der Waals surface area contributed by atoms with Gasteiger partial charge in [0, 0.05) is 12.3 Å². The molecule has 1 aromatic heterocycles. The Morgan fingerprint density at radius 1 is 1.37 bits per heavy atom. The zero-order valence-electron chi connectivity index (χ0n) is 9.50. The minimum atomic E-state index is -1.03. The minimum Gasteiger partial charge on any atom is -0.478 e. The summed E-state index contributed by atoms with van der Waals surface area (Å²) in [5.41, 5.74) is 0.557. The van der Waals surface area contributed by atoms with E-state index < -0.39 is 5.97 Å². The van der Waals surface area contributed by atoms with Gasteiger partial charge in [0.2, 0.25) is 5.88 Å². The van der Waals surface area contributed by atoms with E-state index in [-0.39, 0.29) is 11.4 Å². The predicted octanol–water partition coefficient (Wildman–Crippen LogP) is 3.05. The smallest absolute Gasteiger partial charge is 0.335 e. The van der Waals surface area contributed by atoms with Crippen molar-refractivity contribution in [1.82, 2.24) is 4.98 Å². The molecule has 19 heavy (non-hydrogen) atoms. The number of ether oxygens (including phenoxy) is 1. The number of aromatic nitrogens is 1. The van der Waals surface area contributed by atoms with Crippen molar-refractivity contribution in [1.29, 1.82) is 5.26 Å². The third-order valence-corrected chi connectivity index (χ3v) is 3.15. The van der Waals surface area contributed by atoms with Crippen molar-refractivity contribution < 1.29 is 14.6 Å². The highest BCUT2D eigenvalue weighted by atomic mass is 127. The van der Waals surface area contributed by atoms with Crippen molar-refractivity contribution in [3.05, 3.63) is 51.2 Å². The van der Waals surface area contributed by atoms with E-state index in [9.17, 15) is 4.79 Å². The van der Waals surface area contributed by atoms with E-state index in [0.29, 0.717) is 11.3 Å². The van der Waals surface area contributed by atoms with Gasteiger partial charge >= 0.3 is 5.97 Å². The Morgan fingerprint density at radius 3 is 2.84 bits per heavy atom. The number of aromatic carboxylic acids is 1. The number of nitrogens with zero attached hydrogens (tertiary/aromatic N) is 2. The van der Waals surface area contributed by atoms with Gasteiger partial charge in [-0.15, -0.1) is 0 Å². The number of benzene rings is 1. The van der Waals surface area contributed by atoms with Crippen LogP contribution in [0.3, 0.4) is 0 Å². The Morgan fingerprint density at radius 2 is 2.16 bits per heavy atom. The first-order valence-corrected chi connectivity index (χ1v) is 6.25. The SMILES string of the molecule is N#Cc1ccnc(Oc2cc(C(=O)O)ccc2I)c1. The molecule has 1 aromatic carbocycles. The number of rotatable bonds is 3. The molecule has 0 saturated carbocycles. The summed E-state index contributed by atoms with van der Waals surface area (Å²) in [6, 6.07) is 9.60. The maximum atomic E-state index is 10.9. The van der Waals surface area contributed by atoms with Gasteiger partial charge in [0.15, 0.2) is 0 Å². The van der Waals surface area contributed by atoms with Crippen LogP contribution in [0.1, 0.15) is 15.9 Å². The molecule has 0 spiro atoms. The van der Waals surface area contributed by atoms with E-state index in [0.717, 1.165) is 3.57 Å². The monoisotopic (exact) mass is 366 g/mol. The van der Waals surface area contributed by atoms with Crippen molar-refractivity contribution >= 4 is 28.6 Å². The van der Waals surface area contributed by atoms with Crippen LogP contribution in [-0.4, -0.2) is 16.1 Å². The van der Waals surface area contributed by atoms with E-state index >= 15 is 0 Å². The van der Waals surface area contributed by atoms with Gasteiger partial charge < -0.3 is 9.84 Å². The summed E-state index contributed by atoms with van der Waals surface area (Å²) in [7, 11) is 0. The van der Waals surface area contributed by atoms with Gasteiger partial charge in [0.05, 0.1) is 20.8 Å². The van der Waals surface area contributed by atoms with Crippen LogP contribution >= 0.6 is 22.6 Å². The van der Waals surface area contributed by atoms with Crippen LogP contribution in [0.5, 0.6) is 11.6 Å². The lowest BCUT2D eigenvalue weighted by molar-refractivity contribution is 0.0696. The second-order valence-electron chi connectivity index (χ2n) is 3.55. The Balaban J connectivity index is 2.34. The maximum absolute atomic E-state index is 10.9. The molecule has 0 fully saturated rings. The Hall–Kier alpha value is -2.14. The summed E-state index contributed by atoms with van der Waals surface area (Å²) in [5, 5.41) is 17.7. The minimum absolute atomic E-state index is 0.131. The molecular weight excluding hydrogens is 359 g/mol. The second-order valence-corrected chi connectivity index (χ2v) is 4.71. The average molecular weight is 366 g/mol. The van der Waals surface area contributed by atoms with Gasteiger partial charge in [-0.25, -0.2) is 9.78 Å². The van der Waals surface area contributed by atoms with Gasteiger partial charge in [0.1, 0.15) is 5.75 Å². The molecule has 0 aliphatic heterocycles. The molecule has 0 bridgehead atoms. The van der Waals surface area contributed by atoms with Crippen LogP contribution < -0.4 is 4.74 Å². The number of pyridine rings is 1. The molecule has 0 atom stereocenters. The molecule has 1 N–H and O–H groups in total. The standard InChI is InChI=1S/C13H7IN2O3/c14-10-2-1-9(13(17)18)6-11(10)19-12-5-8(7-15)3-4-16-12/h1-6H,(H,17,18). The fourth-order valence-corrected chi connectivity index (χ4v) is 1.81. The zero-order valence-corrected chi connectivity index (χ0v) is 11.7. The molecule has 6 heteroatoms. The maximum Gasteiger partial charge on any atom is 0.335 e. The summed E-state index contributed by atoms with van der Waals surface area (Å²) in [6.07, 6.45) is 1.46. The van der Waals surface area contributed by atoms with E-state index in [4.69, 9.17) is 15.1 Å². The molecule has 2 aromatic rings. The third kappa shape index (κ3) is 3.20. The quantitative estimate of drug-likeness (QED) is 0.845. The van der Waals surface area contributed by atoms with Crippen LogP contribution in [0.4, 0.5) is 0 Å². The first kappa shape index (κ1) is 13.3. The van der Waals surface area contributed by atoms with Crippen molar-refractivity contribution in [3.63, 3.8) is 0 Å². The molecule has 1 heterocycles. The zero-order chi connectivity index (χ0) is 13.8. The van der Waals surface area contributed by atoms with Gasteiger partial charge in [-0.05, 0) is 46.9 Å². The summed E-state index contributed by atoms with van der Waals surface area (Å²) < 4.78 is 6.27. The molecular formula is C13H7IN2O3. The van der Waals surface area contributed by atoms with Crippen LogP contribution in [0, 0.1) is 14.9 Å². The lowest BCUT2D eigenvalue weighted by Crippen LogP contribution is -1.98. The van der Waals surface area contributed by atoms with Crippen molar-refractivity contribution in [3.8, 4) is 17.7 Å². The van der Waals surface area contributed by atoms with Crippen LogP contribution in [0.15, 0.2) is 36.5 Å². The van der Waals surface area contributed by atoms with Crippen molar-refractivity contribution in [2.75, 3.05) is 0 Å². The highest BCUT2D eigenvalue weighted by Gasteiger charge is 2.09. The summed E-state index contributed by atoms with van der Waals surface area (Å²) in [4.78, 5) is 14.9. The van der Waals surface area contributed by atoms with Gasteiger partial charge in [-0.1, -0.05) is 0 Å². The van der Waals surface area contributed by atoms with E-state index in [1.165, 1.54) is 24.4 Å². The fourth-order valence-electron chi connectivity index (χ4n) is 1.36. The first-order valence-electron chi connectivity index (χ1n) is 5.17. The topological polar surface area (TPSA) is 83.2 Å². The number of hydrogen-bond acceptors (Lipinski definition) is 4. The second kappa shape index (κ2) is 5.67. The highest BCUT2D eigenvalue weighted by Crippen LogP contribution is 2.27. The lowest BCUT2D eigenvalue weighted by atomic mass is 10.2. The molecule has 0 unspecified atom stereocenters. The fraction of sp³-hybridized carbons (Fsp3) is 0. The van der Waals surface area contributed by atoms with Crippen LogP contribution in [0.25, 0.3) is 0 Å². The molecule has 2 rings (SSSR count). The summed E-state index contributed by atoms with van der Waals surface area (Å²) in [5.74, 6) is -0.387. The van der Waals surface area contributed by atoms with Crippen LogP contribution in [0.2, 0.25) is 0 Å². The number of carbonyl (C=O) groups is 1. The Bertz CT molecular complexity index is 680. The van der Waals surface area contributed by atoms with Crippen molar-refractivity contribution in [2.24, 2.45) is 0 Å². The summed E-state index contributed by atoms with van der Waals surface area (Å²) in [6.45, 7) is 0. The molecule has 0 radical (unpaired) electrons. The molecule has 0 aliphatic rings. The van der Waals surface area contributed by atoms with E-state index in [1.807, 2.05) is 28.7 Å². The van der Waals surface area contributed by atoms with E-state index in [1.54, 1.807) is 12.1 Å². The van der Waals surface area contributed by atoms with Crippen molar-refractivity contribution in [2.45, 2.75) is 0 Å². The first-order chi connectivity index (χ1) is 9.10. The van der Waals surface area contributed by atoms with Gasteiger partial charge in [-0.3, -0.25) is 0 Å². The molecule has 0 saturated heterocycles. The highest BCUT2D eigenvalue weighted by molar-refractivity contribution is 14.1.